The van der Waals surface area contributed by atoms with Crippen molar-refractivity contribution in [1.29, 1.82) is 0 Å². The van der Waals surface area contributed by atoms with Crippen molar-refractivity contribution in [3.8, 4) is 0 Å². The van der Waals surface area contributed by atoms with E-state index in [2.05, 4.69) is 28.0 Å². The lowest BCUT2D eigenvalue weighted by Gasteiger charge is -2.32. The Hall–Kier alpha value is -4.14. The summed E-state index contributed by atoms with van der Waals surface area (Å²) in [6, 6.07) is 3.74. The Bertz CT molecular complexity index is 1720. The number of carbonyl (C=O) groups is 5. The Morgan fingerprint density at radius 2 is 1.82 bits per heavy atom. The first-order valence-corrected chi connectivity index (χ1v) is 19.4. The molecule has 3 aliphatic heterocycles. The molecule has 3 fully saturated rings. The van der Waals surface area contributed by atoms with Gasteiger partial charge in [-0.1, -0.05) is 38.1 Å². The molecule has 0 unspecified atom stereocenters. The molecule has 5 amide bonds. The van der Waals surface area contributed by atoms with E-state index < -0.39 is 86.3 Å². The van der Waals surface area contributed by atoms with Crippen LogP contribution >= 0.6 is 0 Å². The van der Waals surface area contributed by atoms with Crippen molar-refractivity contribution in [2.45, 2.75) is 127 Å². The maximum absolute atomic E-state index is 14.3. The molecule has 0 aromatic heterocycles. The smallest absolute Gasteiger partial charge is 0.410 e. The second-order valence-corrected chi connectivity index (χ2v) is 17.5. The quantitative estimate of drug-likeness (QED) is 0.356. The number of hydrogen-bond acceptors (Lipinski definition) is 9. The van der Waals surface area contributed by atoms with Gasteiger partial charge in [0.25, 0.3) is 5.91 Å². The van der Waals surface area contributed by atoms with Crippen LogP contribution in [0.2, 0.25) is 0 Å². The minimum Gasteiger partial charge on any atom is -0.444 e. The zero-order chi connectivity index (χ0) is 36.9. The second-order valence-electron chi connectivity index (χ2n) is 15.6. The van der Waals surface area contributed by atoms with Crippen LogP contribution in [0, 0.1) is 11.8 Å². The van der Waals surface area contributed by atoms with Crippen LogP contribution < -0.4 is 15.4 Å². The average Bonchev–Trinajstić information content (AvgIpc) is 3.95. The molecule has 3 heterocycles. The predicted molar refractivity (Wildman–Crippen MR) is 185 cm³/mol. The number of carbonyl (C=O) groups excluding carboxylic acids is 5. The Labute approximate surface area is 299 Å². The highest BCUT2D eigenvalue weighted by molar-refractivity contribution is 7.91. The number of alkyl carbamates (subject to hydrolysis) is 1. The van der Waals surface area contributed by atoms with Crippen molar-refractivity contribution in [3.63, 3.8) is 0 Å². The van der Waals surface area contributed by atoms with E-state index in [-0.39, 0.29) is 19.4 Å². The first-order valence-electron chi connectivity index (χ1n) is 17.9. The van der Waals surface area contributed by atoms with Crippen LogP contribution in [0.25, 0.3) is 0 Å². The maximum Gasteiger partial charge on any atom is 0.410 e. The van der Waals surface area contributed by atoms with Gasteiger partial charge in [0.1, 0.15) is 29.3 Å². The van der Waals surface area contributed by atoms with E-state index in [1.165, 1.54) is 11.0 Å². The summed E-state index contributed by atoms with van der Waals surface area (Å²) in [5, 5.41) is 4.80. The zero-order valence-corrected chi connectivity index (χ0v) is 30.6. The monoisotopic (exact) mass is 727 g/mol. The molecule has 3 N–H and O–H groups in total. The van der Waals surface area contributed by atoms with Crippen molar-refractivity contribution in [3.05, 3.63) is 47.5 Å². The summed E-state index contributed by atoms with van der Waals surface area (Å²) in [4.78, 5) is 71.4. The molecule has 2 saturated carbocycles. The second kappa shape index (κ2) is 13.8. The highest BCUT2D eigenvalue weighted by atomic mass is 32.2. The fraction of sp³-hybridized carbons (Fsp3) is 0.639. The van der Waals surface area contributed by atoms with Gasteiger partial charge in [0.15, 0.2) is 0 Å². The number of benzene rings is 1. The number of nitrogens with zero attached hydrogens (tertiary/aromatic N) is 2. The first-order chi connectivity index (χ1) is 24.0. The highest BCUT2D eigenvalue weighted by Crippen LogP contribution is 2.45. The van der Waals surface area contributed by atoms with Crippen LogP contribution in [0.3, 0.4) is 0 Å². The van der Waals surface area contributed by atoms with Crippen LogP contribution in [-0.4, -0.2) is 89.2 Å². The standard InChI is InChI=1S/C36H49N5O9S/c1-6-24-17-36(24,32(44)39-51(47,48)26-13-14-26)38-30(42)28-16-25-19-41(28)31(43)29(21(2)3)37-33(45)50-35(4,5)15-8-7-10-22-11-9-12-23-18-40(20-27(22)23)34(46)49-25/h6,9,11-12,21,24-26,28-29H,1,7-8,10,13-20H2,2-5H3,(H,37,45)(H,38,42)(H,39,44)/t24-,25-,28+,29+,36-/m1/s1. The van der Waals surface area contributed by atoms with Crippen LogP contribution in [-0.2, 0) is 53.4 Å². The van der Waals surface area contributed by atoms with Crippen molar-refractivity contribution in [1.82, 2.24) is 25.2 Å². The van der Waals surface area contributed by atoms with Crippen molar-refractivity contribution in [2.75, 3.05) is 6.54 Å². The van der Waals surface area contributed by atoms with Crippen molar-refractivity contribution in [2.24, 2.45) is 11.8 Å². The summed E-state index contributed by atoms with van der Waals surface area (Å²) in [6.45, 7) is 11.5. The molecule has 2 aliphatic carbocycles. The molecule has 1 saturated heterocycles. The fourth-order valence-electron chi connectivity index (χ4n) is 7.48. The SMILES string of the molecule is C=C[C@@H]1C[C@]1(NC(=O)[C@@H]1C[C@@H]2CN1C(=O)[C@H](C(C)C)NC(=O)OC(C)(C)CCCCc1cccc3c1CN(C3)C(=O)O2)C(=O)NS(=O)(=O)C1CC1. The van der Waals surface area contributed by atoms with E-state index in [0.29, 0.717) is 32.4 Å². The molecule has 278 valence electrons. The van der Waals surface area contributed by atoms with Gasteiger partial charge in [0.2, 0.25) is 21.8 Å². The number of cyclic esters (lactones) is 1. The van der Waals surface area contributed by atoms with Crippen LogP contribution in [0.15, 0.2) is 30.9 Å². The molecule has 4 bridgehead atoms. The van der Waals surface area contributed by atoms with E-state index >= 15 is 0 Å². The Balaban J connectivity index is 1.27. The summed E-state index contributed by atoms with van der Waals surface area (Å²) < 4.78 is 39.2. The van der Waals surface area contributed by atoms with Crippen LogP contribution in [0.1, 0.15) is 89.3 Å². The molecule has 0 spiro atoms. The van der Waals surface area contributed by atoms with Gasteiger partial charge in [-0.3, -0.25) is 24.0 Å². The normalized spacial score (nSPS) is 29.5. The number of amides is 5. The topological polar surface area (TPSA) is 181 Å². The van der Waals surface area contributed by atoms with Crippen LogP contribution in [0.4, 0.5) is 9.59 Å². The number of nitrogens with one attached hydrogen (secondary N) is 3. The van der Waals surface area contributed by atoms with Gasteiger partial charge < -0.3 is 25.0 Å². The van der Waals surface area contributed by atoms with Crippen molar-refractivity contribution >= 4 is 39.9 Å². The van der Waals surface area contributed by atoms with Gasteiger partial charge in [-0.05, 0) is 81.4 Å². The minimum atomic E-state index is -3.90. The molecule has 6 rings (SSSR count). The summed E-state index contributed by atoms with van der Waals surface area (Å²) in [6.07, 6.45) is 3.24. The van der Waals surface area contributed by atoms with Gasteiger partial charge in [0, 0.05) is 25.4 Å². The molecule has 5 aliphatic rings. The van der Waals surface area contributed by atoms with E-state index in [9.17, 15) is 32.4 Å². The third-order valence-electron chi connectivity index (χ3n) is 10.8. The maximum atomic E-state index is 14.3. The molecular weight excluding hydrogens is 678 g/mol. The Morgan fingerprint density at radius 1 is 1.10 bits per heavy atom. The number of sulfonamides is 1. The van der Waals surface area contributed by atoms with Crippen LogP contribution in [0.5, 0.6) is 0 Å². The molecule has 51 heavy (non-hydrogen) atoms. The Morgan fingerprint density at radius 3 is 2.49 bits per heavy atom. The fourth-order valence-corrected chi connectivity index (χ4v) is 8.85. The molecule has 15 heteroatoms. The minimum absolute atomic E-state index is 0.0749. The molecule has 1 aromatic carbocycles. The van der Waals surface area contributed by atoms with E-state index in [4.69, 9.17) is 9.47 Å². The number of ether oxygens (including phenoxy) is 2. The molecule has 1 aromatic rings. The molecular formula is C36H49N5O9S. The third-order valence-corrected chi connectivity index (χ3v) is 12.6. The van der Waals surface area contributed by atoms with Gasteiger partial charge in [-0.2, -0.15) is 0 Å². The summed E-state index contributed by atoms with van der Waals surface area (Å²) in [7, 11) is -3.90. The summed E-state index contributed by atoms with van der Waals surface area (Å²) in [5.74, 6) is -3.11. The van der Waals surface area contributed by atoms with Gasteiger partial charge >= 0.3 is 12.2 Å². The van der Waals surface area contributed by atoms with Gasteiger partial charge in [-0.25, -0.2) is 18.0 Å². The zero-order valence-electron chi connectivity index (χ0n) is 29.7. The lowest BCUT2D eigenvalue weighted by molar-refractivity contribution is -0.142. The van der Waals surface area contributed by atoms with Gasteiger partial charge in [-0.15, -0.1) is 6.58 Å². The summed E-state index contributed by atoms with van der Waals surface area (Å²) >= 11 is 0. The number of aryl methyl sites for hydroxylation is 1. The number of rotatable bonds is 7. The van der Waals surface area contributed by atoms with Crippen molar-refractivity contribution < 1.29 is 41.9 Å². The predicted octanol–water partition coefficient (Wildman–Crippen LogP) is 3.03. The highest BCUT2D eigenvalue weighted by Gasteiger charge is 2.62. The first kappa shape index (κ1) is 36.6. The largest absolute Gasteiger partial charge is 0.444 e. The van der Waals surface area contributed by atoms with Gasteiger partial charge in [0.05, 0.1) is 11.8 Å². The Kier molecular flexibility index (Phi) is 9.90. The number of fused-ring (bicyclic) bond motifs is 3. The third kappa shape index (κ3) is 7.73. The molecule has 14 nitrogen and oxygen atoms in total. The molecule has 5 atom stereocenters. The molecule has 0 radical (unpaired) electrons. The lowest BCUT2D eigenvalue weighted by atomic mass is 9.95. The lowest BCUT2D eigenvalue weighted by Crippen LogP contribution is -2.59. The van der Waals surface area contributed by atoms with E-state index in [0.717, 1.165) is 36.0 Å². The number of hydrogen-bond donors (Lipinski definition) is 3. The van der Waals surface area contributed by atoms with E-state index in [1.54, 1.807) is 18.7 Å². The van der Waals surface area contributed by atoms with E-state index in [1.807, 2.05) is 26.0 Å². The summed E-state index contributed by atoms with van der Waals surface area (Å²) in [5.41, 5.74) is 0.873. The average molecular weight is 728 g/mol.